The number of ether oxygens (including phenoxy) is 1. The van der Waals surface area contributed by atoms with Gasteiger partial charge < -0.3 is 15.0 Å². The molecule has 8 nitrogen and oxygen atoms in total. The Hall–Kier alpha value is -3.07. The first-order valence-corrected chi connectivity index (χ1v) is 12.1. The number of amides is 2. The number of benzene rings is 2. The van der Waals surface area contributed by atoms with Gasteiger partial charge in [0.2, 0.25) is 11.8 Å². The highest BCUT2D eigenvalue weighted by molar-refractivity contribution is 7.92. The van der Waals surface area contributed by atoms with Crippen molar-refractivity contribution in [2.75, 3.05) is 23.7 Å². The second-order valence-electron chi connectivity index (χ2n) is 7.76. The minimum atomic E-state index is -3.88. The van der Waals surface area contributed by atoms with E-state index >= 15 is 0 Å². The topological polar surface area (TPSA) is 105 Å². The van der Waals surface area contributed by atoms with E-state index in [4.69, 9.17) is 4.74 Å². The standard InChI is InChI=1S/C23H29N3O5S/c1-4-22(27)26-14-6-5-7-20(26)23(28)24-18-9-8-16(2)21(15-18)32(29,30)25-17-10-12-19(31-3)13-11-17/h8-13,15,20,25H,4-7,14H2,1-3H3,(H,24,28). The molecule has 32 heavy (non-hydrogen) atoms. The van der Waals surface area contributed by atoms with Crippen LogP contribution in [-0.4, -0.2) is 44.8 Å². The molecule has 0 aliphatic carbocycles. The maximum Gasteiger partial charge on any atom is 0.262 e. The number of hydrogen-bond donors (Lipinski definition) is 2. The molecule has 2 aromatic carbocycles. The van der Waals surface area contributed by atoms with Gasteiger partial charge in [0.25, 0.3) is 10.0 Å². The summed E-state index contributed by atoms with van der Waals surface area (Å²) in [5.74, 6) is 0.259. The van der Waals surface area contributed by atoms with Gasteiger partial charge in [-0.05, 0) is 68.1 Å². The maximum absolute atomic E-state index is 13.0. The van der Waals surface area contributed by atoms with Crippen LogP contribution in [0.4, 0.5) is 11.4 Å². The summed E-state index contributed by atoms with van der Waals surface area (Å²) in [6.45, 7) is 4.03. The Balaban J connectivity index is 1.79. The zero-order valence-corrected chi connectivity index (χ0v) is 19.4. The molecule has 172 valence electrons. The summed E-state index contributed by atoms with van der Waals surface area (Å²) in [5.41, 5.74) is 1.31. The first kappa shape index (κ1) is 23.6. The van der Waals surface area contributed by atoms with Crippen molar-refractivity contribution in [2.24, 2.45) is 0 Å². The Morgan fingerprint density at radius 2 is 1.78 bits per heavy atom. The number of piperidine rings is 1. The van der Waals surface area contributed by atoms with Crippen LogP contribution in [0.5, 0.6) is 5.75 Å². The molecular formula is C23H29N3O5S. The summed E-state index contributed by atoms with van der Waals surface area (Å²) >= 11 is 0. The number of carbonyl (C=O) groups excluding carboxylic acids is 2. The number of rotatable bonds is 7. The van der Waals surface area contributed by atoms with Gasteiger partial charge in [0.15, 0.2) is 0 Å². The fourth-order valence-electron chi connectivity index (χ4n) is 3.77. The lowest BCUT2D eigenvalue weighted by molar-refractivity contribution is -0.140. The summed E-state index contributed by atoms with van der Waals surface area (Å²) in [4.78, 5) is 26.8. The van der Waals surface area contributed by atoms with Crippen LogP contribution in [0.2, 0.25) is 0 Å². The molecule has 1 heterocycles. The summed E-state index contributed by atoms with van der Waals surface area (Å²) in [6.07, 6.45) is 2.67. The molecule has 0 saturated carbocycles. The van der Waals surface area contributed by atoms with E-state index in [1.807, 2.05) is 0 Å². The molecule has 0 spiro atoms. The average Bonchev–Trinajstić information content (AvgIpc) is 2.80. The van der Waals surface area contributed by atoms with Gasteiger partial charge in [-0.15, -0.1) is 0 Å². The van der Waals surface area contributed by atoms with Crippen molar-refractivity contribution in [1.82, 2.24) is 4.90 Å². The molecule has 2 N–H and O–H groups in total. The first-order chi connectivity index (χ1) is 15.2. The number of methoxy groups -OCH3 is 1. The molecule has 1 fully saturated rings. The number of hydrogen-bond acceptors (Lipinski definition) is 5. The molecule has 0 aromatic heterocycles. The third kappa shape index (κ3) is 5.40. The number of nitrogens with zero attached hydrogens (tertiary/aromatic N) is 1. The lowest BCUT2D eigenvalue weighted by atomic mass is 10.0. The van der Waals surface area contributed by atoms with E-state index in [0.717, 1.165) is 12.8 Å². The molecule has 2 aromatic rings. The minimum absolute atomic E-state index is 0.0549. The Kier molecular flexibility index (Phi) is 7.40. The summed E-state index contributed by atoms with van der Waals surface area (Å²) in [5, 5.41) is 2.80. The second-order valence-corrected chi connectivity index (χ2v) is 9.41. The number of sulfonamides is 1. The van der Waals surface area contributed by atoms with Crippen LogP contribution in [-0.2, 0) is 19.6 Å². The SMILES string of the molecule is CCC(=O)N1CCCCC1C(=O)Nc1ccc(C)c(S(=O)(=O)Nc2ccc(OC)cc2)c1. The van der Waals surface area contributed by atoms with Crippen molar-refractivity contribution < 1.29 is 22.7 Å². The fourth-order valence-corrected chi connectivity index (χ4v) is 5.10. The molecule has 2 amide bonds. The van der Waals surface area contributed by atoms with Crippen molar-refractivity contribution in [2.45, 2.75) is 50.5 Å². The summed E-state index contributed by atoms with van der Waals surface area (Å²) in [7, 11) is -2.35. The van der Waals surface area contributed by atoms with Crippen molar-refractivity contribution in [3.63, 3.8) is 0 Å². The molecule has 1 unspecified atom stereocenters. The van der Waals surface area contributed by atoms with Gasteiger partial charge in [0.05, 0.1) is 12.0 Å². The fraction of sp³-hybridized carbons (Fsp3) is 0.391. The highest BCUT2D eigenvalue weighted by atomic mass is 32.2. The van der Waals surface area contributed by atoms with Gasteiger partial charge in [-0.3, -0.25) is 14.3 Å². The molecular weight excluding hydrogens is 430 g/mol. The van der Waals surface area contributed by atoms with Gasteiger partial charge in [-0.25, -0.2) is 8.42 Å². The van der Waals surface area contributed by atoms with Crippen LogP contribution in [0, 0.1) is 6.92 Å². The number of nitrogens with one attached hydrogen (secondary N) is 2. The predicted molar refractivity (Wildman–Crippen MR) is 123 cm³/mol. The van der Waals surface area contributed by atoms with E-state index in [0.29, 0.717) is 42.1 Å². The Labute approximate surface area is 189 Å². The third-order valence-electron chi connectivity index (χ3n) is 5.52. The van der Waals surface area contributed by atoms with Crippen LogP contribution in [0.25, 0.3) is 0 Å². The molecule has 1 aliphatic rings. The van der Waals surface area contributed by atoms with Crippen LogP contribution in [0.3, 0.4) is 0 Å². The third-order valence-corrected chi connectivity index (χ3v) is 7.04. The van der Waals surface area contributed by atoms with Gasteiger partial charge in [-0.1, -0.05) is 13.0 Å². The highest BCUT2D eigenvalue weighted by Gasteiger charge is 2.31. The van der Waals surface area contributed by atoms with Crippen LogP contribution >= 0.6 is 0 Å². The largest absolute Gasteiger partial charge is 0.497 e. The monoisotopic (exact) mass is 459 g/mol. The molecule has 3 rings (SSSR count). The Bertz CT molecular complexity index is 1080. The summed E-state index contributed by atoms with van der Waals surface area (Å²) in [6, 6.07) is 10.7. The number of anilines is 2. The van der Waals surface area contributed by atoms with Crippen molar-refractivity contribution >= 4 is 33.2 Å². The van der Waals surface area contributed by atoms with Gasteiger partial charge in [-0.2, -0.15) is 0 Å². The van der Waals surface area contributed by atoms with E-state index < -0.39 is 16.1 Å². The van der Waals surface area contributed by atoms with Crippen molar-refractivity contribution in [3.05, 3.63) is 48.0 Å². The highest BCUT2D eigenvalue weighted by Crippen LogP contribution is 2.25. The predicted octanol–water partition coefficient (Wildman–Crippen LogP) is 3.53. The molecule has 9 heteroatoms. The molecule has 0 radical (unpaired) electrons. The lowest BCUT2D eigenvalue weighted by Crippen LogP contribution is -2.49. The van der Waals surface area contributed by atoms with E-state index in [9.17, 15) is 18.0 Å². The quantitative estimate of drug-likeness (QED) is 0.659. The zero-order valence-electron chi connectivity index (χ0n) is 18.6. The number of aryl methyl sites for hydroxylation is 1. The molecule has 1 aliphatic heterocycles. The van der Waals surface area contributed by atoms with E-state index in [1.54, 1.807) is 55.1 Å². The normalized spacial score (nSPS) is 16.3. The van der Waals surface area contributed by atoms with E-state index in [-0.39, 0.29) is 16.7 Å². The van der Waals surface area contributed by atoms with Crippen molar-refractivity contribution in [1.29, 1.82) is 0 Å². The minimum Gasteiger partial charge on any atom is -0.497 e. The van der Waals surface area contributed by atoms with Crippen molar-refractivity contribution in [3.8, 4) is 5.75 Å². The van der Waals surface area contributed by atoms with Gasteiger partial charge in [0, 0.05) is 24.3 Å². The summed E-state index contributed by atoms with van der Waals surface area (Å²) < 4.78 is 33.6. The van der Waals surface area contributed by atoms with Gasteiger partial charge in [0.1, 0.15) is 11.8 Å². The number of likely N-dealkylation sites (tertiary alicyclic amines) is 1. The molecule has 1 atom stereocenters. The lowest BCUT2D eigenvalue weighted by Gasteiger charge is -2.34. The smallest absolute Gasteiger partial charge is 0.262 e. The first-order valence-electron chi connectivity index (χ1n) is 10.6. The zero-order chi connectivity index (χ0) is 23.3. The second kappa shape index (κ2) is 10.0. The van der Waals surface area contributed by atoms with Crippen LogP contribution in [0.15, 0.2) is 47.4 Å². The average molecular weight is 460 g/mol. The molecule has 1 saturated heterocycles. The van der Waals surface area contributed by atoms with Crippen LogP contribution in [0.1, 0.15) is 38.2 Å². The Morgan fingerprint density at radius 1 is 1.09 bits per heavy atom. The van der Waals surface area contributed by atoms with E-state index in [2.05, 4.69) is 10.0 Å². The maximum atomic E-state index is 13.0. The number of carbonyl (C=O) groups is 2. The Morgan fingerprint density at radius 3 is 2.44 bits per heavy atom. The molecule has 0 bridgehead atoms. The van der Waals surface area contributed by atoms with Crippen LogP contribution < -0.4 is 14.8 Å². The van der Waals surface area contributed by atoms with E-state index in [1.165, 1.54) is 13.2 Å². The van der Waals surface area contributed by atoms with Gasteiger partial charge >= 0.3 is 0 Å².